The summed E-state index contributed by atoms with van der Waals surface area (Å²) in [5, 5.41) is 7.41. The highest BCUT2D eigenvalue weighted by Crippen LogP contribution is 2.23. The van der Waals surface area contributed by atoms with Crippen LogP contribution >= 0.6 is 11.6 Å². The fourth-order valence-electron chi connectivity index (χ4n) is 3.29. The topological polar surface area (TPSA) is 84.3 Å². The molecule has 1 amide bonds. The van der Waals surface area contributed by atoms with E-state index >= 15 is 0 Å². The van der Waals surface area contributed by atoms with E-state index in [9.17, 15) is 13.2 Å². The van der Waals surface area contributed by atoms with E-state index in [-0.39, 0.29) is 15.6 Å². The van der Waals surface area contributed by atoms with Crippen LogP contribution in [-0.2, 0) is 16.6 Å². The molecule has 164 valence electrons. The molecule has 2 aromatic carbocycles. The Morgan fingerprint density at radius 1 is 1.06 bits per heavy atom. The van der Waals surface area contributed by atoms with Gasteiger partial charge >= 0.3 is 0 Å². The third-order valence-electron chi connectivity index (χ3n) is 4.92. The Morgan fingerprint density at radius 2 is 1.68 bits per heavy atom. The van der Waals surface area contributed by atoms with Crippen molar-refractivity contribution in [2.45, 2.75) is 32.2 Å². The number of hydrogen-bond donors (Lipinski definition) is 1. The number of aryl methyl sites for hydroxylation is 1. The summed E-state index contributed by atoms with van der Waals surface area (Å²) < 4.78 is 28.2. The second kappa shape index (κ2) is 9.64. The van der Waals surface area contributed by atoms with Gasteiger partial charge in [-0.25, -0.2) is 13.1 Å². The highest BCUT2D eigenvalue weighted by molar-refractivity contribution is 7.89. The molecule has 0 aliphatic heterocycles. The molecule has 1 N–H and O–H groups in total. The van der Waals surface area contributed by atoms with Crippen LogP contribution in [0.4, 0.5) is 5.69 Å². The van der Waals surface area contributed by atoms with E-state index in [0.29, 0.717) is 31.0 Å². The molecule has 0 radical (unpaired) electrons. The standard InChI is InChI=1S/C22H25ClN4O3S/c1-4-26(5-2)31(29,30)19-13-11-18(12-14-19)24-22(28)20-16(3)25-27(21(20)23)15-17-9-7-6-8-10-17/h6-14H,4-5,15H2,1-3H3,(H,24,28). The van der Waals surface area contributed by atoms with Crippen molar-refractivity contribution < 1.29 is 13.2 Å². The molecular weight excluding hydrogens is 436 g/mol. The number of sulfonamides is 1. The van der Waals surface area contributed by atoms with Crippen LogP contribution < -0.4 is 5.32 Å². The average molecular weight is 461 g/mol. The predicted molar refractivity (Wildman–Crippen MR) is 122 cm³/mol. The minimum Gasteiger partial charge on any atom is -0.322 e. The zero-order valence-corrected chi connectivity index (χ0v) is 19.2. The van der Waals surface area contributed by atoms with Crippen molar-refractivity contribution in [3.05, 3.63) is 76.6 Å². The number of anilines is 1. The van der Waals surface area contributed by atoms with Crippen LogP contribution in [0.15, 0.2) is 59.5 Å². The lowest BCUT2D eigenvalue weighted by atomic mass is 10.2. The fraction of sp³-hybridized carbons (Fsp3) is 0.273. The lowest BCUT2D eigenvalue weighted by molar-refractivity contribution is 0.102. The Kier molecular flexibility index (Phi) is 7.15. The maximum atomic E-state index is 12.8. The van der Waals surface area contributed by atoms with Crippen molar-refractivity contribution in [1.82, 2.24) is 14.1 Å². The van der Waals surface area contributed by atoms with Gasteiger partial charge in [0, 0.05) is 18.8 Å². The van der Waals surface area contributed by atoms with Gasteiger partial charge in [-0.1, -0.05) is 55.8 Å². The minimum atomic E-state index is -3.55. The molecule has 3 aromatic rings. The number of halogens is 1. The molecule has 0 spiro atoms. The molecule has 0 fully saturated rings. The van der Waals surface area contributed by atoms with Crippen LogP contribution in [0.2, 0.25) is 5.15 Å². The lowest BCUT2D eigenvalue weighted by Gasteiger charge is -2.18. The van der Waals surface area contributed by atoms with Gasteiger partial charge in [0.2, 0.25) is 10.0 Å². The molecule has 0 unspecified atom stereocenters. The van der Waals surface area contributed by atoms with Gasteiger partial charge in [0.25, 0.3) is 5.91 Å². The number of benzene rings is 2. The average Bonchev–Trinajstić information content (AvgIpc) is 3.02. The molecule has 31 heavy (non-hydrogen) atoms. The Hall–Kier alpha value is -2.68. The summed E-state index contributed by atoms with van der Waals surface area (Å²) in [5.74, 6) is -0.402. The summed E-state index contributed by atoms with van der Waals surface area (Å²) in [6.07, 6.45) is 0. The predicted octanol–water partition coefficient (Wildman–Crippen LogP) is 4.18. The second-order valence-electron chi connectivity index (χ2n) is 6.96. The van der Waals surface area contributed by atoms with Gasteiger partial charge in [0.05, 0.1) is 22.7 Å². The van der Waals surface area contributed by atoms with Gasteiger partial charge in [-0.05, 0) is 36.8 Å². The zero-order chi connectivity index (χ0) is 22.6. The maximum absolute atomic E-state index is 12.8. The van der Waals surface area contributed by atoms with E-state index in [4.69, 9.17) is 11.6 Å². The minimum absolute atomic E-state index is 0.180. The van der Waals surface area contributed by atoms with Gasteiger partial charge in [-0.15, -0.1) is 0 Å². The molecule has 0 saturated heterocycles. The first-order chi connectivity index (χ1) is 14.8. The van der Waals surface area contributed by atoms with Crippen LogP contribution in [0.3, 0.4) is 0 Å². The van der Waals surface area contributed by atoms with E-state index < -0.39 is 15.9 Å². The van der Waals surface area contributed by atoms with Crippen molar-refractivity contribution in [2.24, 2.45) is 0 Å². The first-order valence-electron chi connectivity index (χ1n) is 9.96. The molecule has 0 aliphatic rings. The van der Waals surface area contributed by atoms with Crippen LogP contribution in [0.5, 0.6) is 0 Å². The molecule has 1 aromatic heterocycles. The third kappa shape index (κ3) is 4.98. The van der Waals surface area contributed by atoms with Crippen LogP contribution in [0.1, 0.15) is 35.5 Å². The number of rotatable bonds is 8. The van der Waals surface area contributed by atoms with E-state index in [0.717, 1.165) is 5.56 Å². The summed E-state index contributed by atoms with van der Waals surface area (Å²) in [7, 11) is -3.55. The summed E-state index contributed by atoms with van der Waals surface area (Å²) >= 11 is 6.45. The van der Waals surface area contributed by atoms with Gasteiger partial charge < -0.3 is 5.32 Å². The summed E-state index contributed by atoms with van der Waals surface area (Å²) in [6, 6.07) is 15.8. The number of hydrogen-bond acceptors (Lipinski definition) is 4. The van der Waals surface area contributed by atoms with Crippen molar-refractivity contribution in [3.63, 3.8) is 0 Å². The molecule has 0 aliphatic carbocycles. The highest BCUT2D eigenvalue weighted by atomic mass is 35.5. The summed E-state index contributed by atoms with van der Waals surface area (Å²) in [6.45, 7) is 6.54. The SMILES string of the molecule is CCN(CC)S(=O)(=O)c1ccc(NC(=O)c2c(C)nn(Cc3ccccc3)c2Cl)cc1. The quantitative estimate of drug-likeness (QED) is 0.546. The summed E-state index contributed by atoms with van der Waals surface area (Å²) in [4.78, 5) is 13.0. The van der Waals surface area contributed by atoms with Crippen molar-refractivity contribution in [1.29, 1.82) is 0 Å². The lowest BCUT2D eigenvalue weighted by Crippen LogP contribution is -2.30. The van der Waals surface area contributed by atoms with E-state index in [2.05, 4.69) is 10.4 Å². The smallest absolute Gasteiger partial charge is 0.260 e. The molecule has 0 saturated carbocycles. The first-order valence-corrected chi connectivity index (χ1v) is 11.8. The monoisotopic (exact) mass is 460 g/mol. The van der Waals surface area contributed by atoms with E-state index in [1.54, 1.807) is 37.6 Å². The highest BCUT2D eigenvalue weighted by Gasteiger charge is 2.23. The molecule has 1 heterocycles. The molecule has 0 atom stereocenters. The third-order valence-corrected chi connectivity index (χ3v) is 7.37. The Labute approximate surface area is 187 Å². The zero-order valence-electron chi connectivity index (χ0n) is 17.7. The van der Waals surface area contributed by atoms with Crippen molar-refractivity contribution >= 4 is 33.2 Å². The van der Waals surface area contributed by atoms with Crippen LogP contribution in [0, 0.1) is 6.92 Å². The molecule has 0 bridgehead atoms. The van der Waals surface area contributed by atoms with Gasteiger partial charge in [-0.3, -0.25) is 4.79 Å². The normalized spacial score (nSPS) is 11.6. The fourth-order valence-corrected chi connectivity index (χ4v) is 5.07. The van der Waals surface area contributed by atoms with Crippen molar-refractivity contribution in [3.8, 4) is 0 Å². The Bertz CT molecular complexity index is 1160. The van der Waals surface area contributed by atoms with E-state index in [1.165, 1.54) is 16.4 Å². The maximum Gasteiger partial charge on any atom is 0.260 e. The van der Waals surface area contributed by atoms with Gasteiger partial charge in [-0.2, -0.15) is 9.40 Å². The number of aromatic nitrogens is 2. The molecule has 9 heteroatoms. The van der Waals surface area contributed by atoms with Crippen molar-refractivity contribution in [2.75, 3.05) is 18.4 Å². The summed E-state index contributed by atoms with van der Waals surface area (Å²) in [5.41, 5.74) is 2.29. The molecular formula is C22H25ClN4O3S. The van der Waals surface area contributed by atoms with Gasteiger partial charge in [0.1, 0.15) is 5.15 Å². The van der Waals surface area contributed by atoms with Crippen LogP contribution in [0.25, 0.3) is 0 Å². The van der Waals surface area contributed by atoms with E-state index in [1.807, 2.05) is 30.3 Å². The number of nitrogens with one attached hydrogen (secondary N) is 1. The Morgan fingerprint density at radius 3 is 2.26 bits per heavy atom. The Balaban J connectivity index is 1.78. The van der Waals surface area contributed by atoms with Crippen LogP contribution in [-0.4, -0.2) is 41.5 Å². The number of nitrogens with zero attached hydrogens (tertiary/aromatic N) is 3. The number of carbonyl (C=O) groups is 1. The molecule has 7 nitrogen and oxygen atoms in total. The molecule has 3 rings (SSSR count). The largest absolute Gasteiger partial charge is 0.322 e. The van der Waals surface area contributed by atoms with Gasteiger partial charge in [0.15, 0.2) is 0 Å². The number of carbonyl (C=O) groups excluding carboxylic acids is 1. The second-order valence-corrected chi connectivity index (χ2v) is 9.26. The number of amides is 1. The first kappa shape index (κ1) is 23.0.